The summed E-state index contributed by atoms with van der Waals surface area (Å²) in [6.07, 6.45) is 1.65. The Labute approximate surface area is 120 Å². The monoisotopic (exact) mass is 284 g/mol. The highest BCUT2D eigenvalue weighted by Crippen LogP contribution is 2.29. The van der Waals surface area contributed by atoms with E-state index in [1.165, 1.54) is 10.7 Å². The van der Waals surface area contributed by atoms with Crippen molar-refractivity contribution >= 4 is 11.7 Å². The lowest BCUT2D eigenvalue weighted by molar-refractivity contribution is 0.145. The number of rotatable bonds is 4. The summed E-state index contributed by atoms with van der Waals surface area (Å²) in [4.78, 5) is 10.7. The minimum Gasteiger partial charge on any atom is -0.486 e. The average Bonchev–Trinajstić information content (AvgIpc) is 2.89. The van der Waals surface area contributed by atoms with Crippen LogP contribution in [-0.2, 0) is 6.61 Å². The minimum absolute atomic E-state index is 0.145. The van der Waals surface area contributed by atoms with Gasteiger partial charge in [-0.15, -0.1) is 0 Å². The van der Waals surface area contributed by atoms with Gasteiger partial charge < -0.3 is 14.6 Å². The minimum atomic E-state index is -1.39. The zero-order chi connectivity index (χ0) is 14.7. The first-order valence-corrected chi connectivity index (χ1v) is 6.28. The summed E-state index contributed by atoms with van der Waals surface area (Å²) in [5.74, 6) is 0.654. The third kappa shape index (κ3) is 2.79. The third-order valence-electron chi connectivity index (χ3n) is 2.90. The maximum atomic E-state index is 10.7. The van der Waals surface area contributed by atoms with Crippen molar-refractivity contribution in [3.63, 3.8) is 0 Å². The van der Waals surface area contributed by atoms with E-state index in [1.807, 2.05) is 30.3 Å². The van der Waals surface area contributed by atoms with Crippen molar-refractivity contribution in [1.29, 1.82) is 0 Å². The number of hydrogen-bond acceptors (Lipinski definition) is 4. The SMILES string of the molecule is O=C(O)Oc1cnn2cccc(OCc3ccccc3)c12. The molecular formula is C15H12N2O4. The maximum absolute atomic E-state index is 10.7. The highest BCUT2D eigenvalue weighted by molar-refractivity contribution is 5.73. The van der Waals surface area contributed by atoms with Crippen LogP contribution in [0.15, 0.2) is 54.9 Å². The molecule has 0 bridgehead atoms. The average molecular weight is 284 g/mol. The van der Waals surface area contributed by atoms with Crippen LogP contribution in [0.4, 0.5) is 4.79 Å². The van der Waals surface area contributed by atoms with Gasteiger partial charge in [0.1, 0.15) is 12.4 Å². The molecule has 0 aliphatic rings. The van der Waals surface area contributed by atoms with Gasteiger partial charge in [0.25, 0.3) is 0 Å². The molecule has 0 radical (unpaired) electrons. The van der Waals surface area contributed by atoms with Crippen molar-refractivity contribution in [2.75, 3.05) is 0 Å². The standard InChI is InChI=1S/C15H12N2O4/c18-15(19)21-13-9-16-17-8-4-7-12(14(13)17)20-10-11-5-2-1-3-6-11/h1-9H,10H2,(H,18,19). The smallest absolute Gasteiger partial charge is 0.486 e. The molecule has 0 fully saturated rings. The van der Waals surface area contributed by atoms with Gasteiger partial charge in [-0.1, -0.05) is 30.3 Å². The fraction of sp³-hybridized carbons (Fsp3) is 0.0667. The molecule has 1 aromatic carbocycles. The van der Waals surface area contributed by atoms with Crippen LogP contribution >= 0.6 is 0 Å². The predicted octanol–water partition coefficient (Wildman–Crippen LogP) is 2.97. The molecule has 0 saturated heterocycles. The van der Waals surface area contributed by atoms with Crippen molar-refractivity contribution in [2.24, 2.45) is 0 Å². The number of nitrogens with zero attached hydrogens (tertiary/aromatic N) is 2. The van der Waals surface area contributed by atoms with Gasteiger partial charge in [-0.3, -0.25) is 0 Å². The van der Waals surface area contributed by atoms with Crippen LogP contribution in [0.2, 0.25) is 0 Å². The molecule has 6 heteroatoms. The van der Waals surface area contributed by atoms with Crippen molar-refractivity contribution in [1.82, 2.24) is 9.61 Å². The zero-order valence-corrected chi connectivity index (χ0v) is 11.0. The second-order valence-corrected chi connectivity index (χ2v) is 4.32. The Hall–Kier alpha value is -3.02. The fourth-order valence-electron chi connectivity index (χ4n) is 2.01. The van der Waals surface area contributed by atoms with Crippen molar-refractivity contribution in [3.05, 3.63) is 60.4 Å². The van der Waals surface area contributed by atoms with E-state index in [1.54, 1.807) is 18.3 Å². The van der Waals surface area contributed by atoms with Gasteiger partial charge in [-0.05, 0) is 17.7 Å². The quantitative estimate of drug-likeness (QED) is 0.746. The number of pyridine rings is 1. The highest BCUT2D eigenvalue weighted by atomic mass is 16.7. The first kappa shape index (κ1) is 13.0. The van der Waals surface area contributed by atoms with Gasteiger partial charge in [-0.25, -0.2) is 9.31 Å². The number of ether oxygens (including phenoxy) is 2. The molecule has 0 aliphatic heterocycles. The van der Waals surface area contributed by atoms with Crippen LogP contribution in [0.1, 0.15) is 5.56 Å². The lowest BCUT2D eigenvalue weighted by atomic mass is 10.2. The van der Waals surface area contributed by atoms with Crippen molar-refractivity contribution in [3.8, 4) is 11.5 Å². The molecule has 0 aliphatic carbocycles. The van der Waals surface area contributed by atoms with Crippen LogP contribution in [0.25, 0.3) is 5.52 Å². The number of hydrogen-bond donors (Lipinski definition) is 1. The van der Waals surface area contributed by atoms with E-state index in [4.69, 9.17) is 14.6 Å². The number of fused-ring (bicyclic) bond motifs is 1. The molecule has 2 aromatic heterocycles. The molecule has 2 heterocycles. The summed E-state index contributed by atoms with van der Waals surface area (Å²) in [5, 5.41) is 12.8. The van der Waals surface area contributed by atoms with Crippen LogP contribution in [0.5, 0.6) is 11.5 Å². The van der Waals surface area contributed by atoms with E-state index in [2.05, 4.69) is 5.10 Å². The lowest BCUT2D eigenvalue weighted by Crippen LogP contribution is -2.03. The van der Waals surface area contributed by atoms with Gasteiger partial charge in [0.2, 0.25) is 0 Å². The summed E-state index contributed by atoms with van der Waals surface area (Å²) >= 11 is 0. The van der Waals surface area contributed by atoms with E-state index in [0.717, 1.165) is 5.56 Å². The number of carboxylic acid groups (broad SMARTS) is 1. The molecule has 3 rings (SSSR count). The Morgan fingerprint density at radius 1 is 1.14 bits per heavy atom. The summed E-state index contributed by atoms with van der Waals surface area (Å²) in [5.41, 5.74) is 1.50. The Kier molecular flexibility index (Phi) is 3.42. The Morgan fingerprint density at radius 2 is 1.95 bits per heavy atom. The van der Waals surface area contributed by atoms with Crippen molar-refractivity contribution in [2.45, 2.75) is 6.61 Å². The van der Waals surface area contributed by atoms with E-state index in [0.29, 0.717) is 17.9 Å². The molecule has 0 amide bonds. The van der Waals surface area contributed by atoms with Crippen LogP contribution in [0, 0.1) is 0 Å². The Balaban J connectivity index is 1.90. The summed E-state index contributed by atoms with van der Waals surface area (Å²) < 4.78 is 12.0. The van der Waals surface area contributed by atoms with Gasteiger partial charge in [0, 0.05) is 6.20 Å². The van der Waals surface area contributed by atoms with E-state index < -0.39 is 6.16 Å². The number of aromatic nitrogens is 2. The number of benzene rings is 1. The second-order valence-electron chi connectivity index (χ2n) is 4.32. The fourth-order valence-corrected chi connectivity index (χ4v) is 2.01. The second kappa shape index (κ2) is 5.54. The van der Waals surface area contributed by atoms with Crippen molar-refractivity contribution < 1.29 is 19.4 Å². The normalized spacial score (nSPS) is 10.5. The van der Waals surface area contributed by atoms with Gasteiger partial charge in [0.05, 0.1) is 6.20 Å². The molecule has 1 N–H and O–H groups in total. The summed E-state index contributed by atoms with van der Waals surface area (Å²) in [6.45, 7) is 0.373. The summed E-state index contributed by atoms with van der Waals surface area (Å²) in [6, 6.07) is 13.2. The van der Waals surface area contributed by atoms with Gasteiger partial charge >= 0.3 is 6.16 Å². The molecule has 0 unspecified atom stereocenters. The van der Waals surface area contributed by atoms with Crippen LogP contribution in [0.3, 0.4) is 0 Å². The molecule has 21 heavy (non-hydrogen) atoms. The zero-order valence-electron chi connectivity index (χ0n) is 11.0. The topological polar surface area (TPSA) is 73.1 Å². The Morgan fingerprint density at radius 3 is 2.71 bits per heavy atom. The third-order valence-corrected chi connectivity index (χ3v) is 2.90. The largest absolute Gasteiger partial charge is 0.511 e. The van der Waals surface area contributed by atoms with E-state index >= 15 is 0 Å². The molecule has 0 saturated carbocycles. The lowest BCUT2D eigenvalue weighted by Gasteiger charge is -2.08. The molecule has 6 nitrogen and oxygen atoms in total. The molecule has 106 valence electrons. The van der Waals surface area contributed by atoms with Gasteiger partial charge in [-0.2, -0.15) is 5.10 Å². The first-order chi connectivity index (χ1) is 10.2. The van der Waals surface area contributed by atoms with E-state index in [9.17, 15) is 4.79 Å². The predicted molar refractivity (Wildman–Crippen MR) is 74.6 cm³/mol. The number of carbonyl (C=O) groups is 1. The first-order valence-electron chi connectivity index (χ1n) is 6.28. The maximum Gasteiger partial charge on any atom is 0.511 e. The van der Waals surface area contributed by atoms with E-state index in [-0.39, 0.29) is 5.75 Å². The summed E-state index contributed by atoms with van der Waals surface area (Å²) in [7, 11) is 0. The van der Waals surface area contributed by atoms with Crippen LogP contribution < -0.4 is 9.47 Å². The molecular weight excluding hydrogens is 272 g/mol. The highest BCUT2D eigenvalue weighted by Gasteiger charge is 2.14. The Bertz CT molecular complexity index is 768. The van der Waals surface area contributed by atoms with Gasteiger partial charge in [0.15, 0.2) is 11.3 Å². The molecule has 0 spiro atoms. The van der Waals surface area contributed by atoms with Crippen LogP contribution in [-0.4, -0.2) is 20.9 Å². The molecule has 0 atom stereocenters. The molecule has 3 aromatic rings.